The van der Waals surface area contributed by atoms with Crippen molar-refractivity contribution in [3.8, 4) is 11.5 Å². The molecule has 6 N–H and O–H groups in total. The van der Waals surface area contributed by atoms with E-state index in [1.165, 1.54) is 12.7 Å². The Bertz CT molecular complexity index is 3780. The Hall–Kier alpha value is -7.42. The number of hydrogen-bond acceptors (Lipinski definition) is 18. The molecule has 2 bridgehead atoms. The number of carbonyl (C=O) groups excluding carboxylic acids is 2. The number of nitrogens with zero attached hydrogens (tertiary/aromatic N) is 7. The molecule has 3 fully saturated rings. The van der Waals surface area contributed by atoms with Crippen molar-refractivity contribution in [3.05, 3.63) is 161 Å². The molecule has 0 spiro atoms. The Morgan fingerprint density at radius 2 is 1.40 bits per heavy atom. The number of halogens is 1. The summed E-state index contributed by atoms with van der Waals surface area (Å²) in [7, 11) is -6.58. The molecule has 4 aromatic carbocycles. The van der Waals surface area contributed by atoms with Crippen LogP contribution in [-0.4, -0.2) is 143 Å². The molecular formula is C59H68FN10O13PSi. The van der Waals surface area contributed by atoms with Crippen LogP contribution in [0.2, 0.25) is 18.1 Å². The van der Waals surface area contributed by atoms with Crippen molar-refractivity contribution in [1.29, 1.82) is 0 Å². The first-order valence-electron chi connectivity index (χ1n) is 27.7. The van der Waals surface area contributed by atoms with Crippen LogP contribution in [0, 0.1) is 5.92 Å². The number of benzene rings is 4. The fraction of sp³-hybridized carbons (Fsp3) is 0.390. The van der Waals surface area contributed by atoms with Gasteiger partial charge in [-0.05, 0) is 0 Å². The Labute approximate surface area is 489 Å². The number of carbonyl (C=O) groups is 2. The quantitative estimate of drug-likeness (QED) is 0.0256. The zero-order valence-electron chi connectivity index (χ0n) is 48.2. The van der Waals surface area contributed by atoms with Gasteiger partial charge in [0, 0.05) is 0 Å². The second-order valence-corrected chi connectivity index (χ2v) is 31.7. The summed E-state index contributed by atoms with van der Waals surface area (Å²) in [5.41, 5.74) is -4.46. The van der Waals surface area contributed by atoms with Crippen LogP contribution in [0.4, 0.5) is 16.2 Å². The zero-order chi connectivity index (χ0) is 60.5. The average Bonchev–Trinajstić information content (AvgIpc) is 1.59. The molecule has 8 aromatic rings. The van der Waals surface area contributed by atoms with Gasteiger partial charge in [0.25, 0.3) is 0 Å². The first-order chi connectivity index (χ1) is 40.3. The van der Waals surface area contributed by atoms with Gasteiger partial charge < -0.3 is 0 Å². The molecule has 0 radical (unpaired) electrons. The van der Waals surface area contributed by atoms with Gasteiger partial charge >= 0.3 is 473 Å². The number of H-pyrrole nitrogens is 1. The molecule has 8 atom stereocenters. The van der Waals surface area contributed by atoms with E-state index in [9.17, 15) is 29.1 Å². The minimum atomic E-state index is -6.78. The number of aromatic nitrogens is 8. The number of alkyl halides is 1. The molecule has 26 heteroatoms. The van der Waals surface area contributed by atoms with Gasteiger partial charge in [-0.2, -0.15) is 0 Å². The van der Waals surface area contributed by atoms with Crippen molar-refractivity contribution < 1.29 is 61.5 Å². The molecule has 11 rings (SSSR count). The van der Waals surface area contributed by atoms with E-state index in [-0.39, 0.29) is 40.7 Å². The number of hydrogen-bond donors (Lipinski definition) is 6. The molecule has 0 aliphatic carbocycles. The molecule has 3 saturated heterocycles. The molecule has 448 valence electrons. The summed E-state index contributed by atoms with van der Waals surface area (Å²) in [5.74, 6) is -0.532. The van der Waals surface area contributed by atoms with E-state index >= 15 is 4.39 Å². The van der Waals surface area contributed by atoms with Crippen molar-refractivity contribution in [3.63, 3.8) is 0 Å². The van der Waals surface area contributed by atoms with Crippen molar-refractivity contribution >= 4 is 61.5 Å². The van der Waals surface area contributed by atoms with Crippen LogP contribution in [0.5, 0.6) is 11.5 Å². The van der Waals surface area contributed by atoms with Gasteiger partial charge in [-0.15, -0.1) is 0 Å². The number of methoxy groups -OCH3 is 2. The normalized spacial score (nSPS) is 23.1. The van der Waals surface area contributed by atoms with E-state index in [1.807, 2.05) is 88.5 Å². The molecule has 23 nitrogen and oxygen atoms in total. The third-order valence-corrected chi connectivity index (χ3v) is 24.0. The maximum absolute atomic E-state index is 18.8. The number of imidazole rings is 2. The molecule has 0 unspecified atom stereocenters. The summed E-state index contributed by atoms with van der Waals surface area (Å²) < 4.78 is 67.1. The Balaban J connectivity index is 1.02. The third-order valence-electron chi connectivity index (χ3n) is 16.7. The fourth-order valence-electron chi connectivity index (χ4n) is 11.3. The summed E-state index contributed by atoms with van der Waals surface area (Å²) in [6, 6.07) is 32.1. The van der Waals surface area contributed by atoms with Gasteiger partial charge in [-0.25, -0.2) is 0 Å². The van der Waals surface area contributed by atoms with Gasteiger partial charge in [0.15, 0.2) is 0 Å². The first kappa shape index (κ1) is 59.3. The van der Waals surface area contributed by atoms with E-state index in [2.05, 4.69) is 40.5 Å². The van der Waals surface area contributed by atoms with Crippen LogP contribution in [-0.2, 0) is 33.8 Å². The van der Waals surface area contributed by atoms with Crippen LogP contribution in [0.15, 0.2) is 133 Å². The number of ether oxygens (including phenoxy) is 6. The third kappa shape index (κ3) is 10.8. The summed E-state index contributed by atoms with van der Waals surface area (Å²) in [4.78, 5) is 105. The monoisotopic (exact) mass is 1200 g/mol. The maximum atomic E-state index is 18.8. The zero-order valence-corrected chi connectivity index (χ0v) is 50.1. The van der Waals surface area contributed by atoms with Crippen molar-refractivity contribution in [2.45, 2.75) is 107 Å². The Kier molecular flexibility index (Phi) is 15.4. The van der Waals surface area contributed by atoms with Crippen molar-refractivity contribution in [2.24, 2.45) is 5.92 Å². The molecule has 85 heavy (non-hydrogen) atoms. The molecule has 0 saturated carbocycles. The second kappa shape index (κ2) is 22.1. The van der Waals surface area contributed by atoms with E-state index in [4.69, 9.17) is 32.8 Å². The van der Waals surface area contributed by atoms with Gasteiger partial charge in [0.1, 0.15) is 0 Å². The van der Waals surface area contributed by atoms with Gasteiger partial charge in [-0.1, -0.05) is 18.2 Å². The first-order valence-corrected chi connectivity index (χ1v) is 32.9. The number of anilines is 2. The molecule has 7 heterocycles. The SMILES string of the molecule is COc1ccc(C(OC[C@H]2O[C@@H](n3cnc4c(=O)[nH]c(NC(=O)C(C)C)nc43)[C@H](P(O)(O)(O)C[C@]34CO[C@@H]([C@H](n5cnc6c(NC(=O)c7ccccc7)ncnc65)O3)[C@@H]4O[Si](C)(C)C(C)(C)C)[C@H]2F)(c2ccccc2)c2ccc(OC)cc2)cc1. The van der Waals surface area contributed by atoms with Gasteiger partial charge in [-0.3, -0.25) is 0 Å². The average molecular weight is 1200 g/mol. The number of nitrogens with one attached hydrogen (secondary N) is 3. The summed E-state index contributed by atoms with van der Waals surface area (Å²) >= 11 is 0. The van der Waals surface area contributed by atoms with Crippen molar-refractivity contribution in [1.82, 2.24) is 39.0 Å². The van der Waals surface area contributed by atoms with E-state index in [1.54, 1.807) is 87.2 Å². The molecule has 3 aliphatic rings. The van der Waals surface area contributed by atoms with Gasteiger partial charge in [0.2, 0.25) is 0 Å². The summed E-state index contributed by atoms with van der Waals surface area (Å²) in [5, 5.41) is 4.96. The topological polar surface area (TPSA) is 291 Å². The van der Waals surface area contributed by atoms with Gasteiger partial charge in [0.05, 0.1) is 0 Å². The van der Waals surface area contributed by atoms with Crippen molar-refractivity contribution in [2.75, 3.05) is 44.2 Å². The number of aromatic amines is 1. The standard InChI is InChI=1S/C59H68FN10O13PSi/c1-34(2)51(71)67-56-66-50-44(53(73)68-56)64-33-70(50)55-46(42(60)41(81-55)28-80-59(36-18-14-11-15-19-36,37-20-24-39(77-6)25-21-37)38-22-26-40(78-7)27-23-38)84(74,75,76)30-58-29-79-45(47(58)83-85(8,9)57(3,4)5)54(82-58)69-32-63-43-48(61-31-62-49(43)69)65-52(72)35-16-12-10-13-17-35/h10-27,31-34,41-42,45-47,54-55,74-76H,28-30H2,1-9H3,(H,61,62,65,72)(H2,66,67,68,71,73)/t41-,42+,45-,46-,47+,54-,55-,58+/m1/s1. The van der Waals surface area contributed by atoms with E-state index in [0.717, 1.165) is 10.9 Å². The van der Waals surface area contributed by atoms with Crippen LogP contribution >= 0.6 is 7.28 Å². The van der Waals surface area contributed by atoms with Crippen LogP contribution in [0.25, 0.3) is 22.3 Å². The Morgan fingerprint density at radius 3 is 2.00 bits per heavy atom. The molecule has 2 amide bonds. The number of amides is 2. The van der Waals surface area contributed by atoms with E-state index < -0.39 is 111 Å². The molecular weight excluding hydrogens is 1130 g/mol. The van der Waals surface area contributed by atoms with Crippen LogP contribution in [0.1, 0.15) is 74.1 Å². The number of fused-ring (bicyclic) bond motifs is 4. The second-order valence-electron chi connectivity index (χ2n) is 23.6. The molecule has 3 aliphatic heterocycles. The fourth-order valence-corrected chi connectivity index (χ4v) is 15.7. The van der Waals surface area contributed by atoms with Crippen LogP contribution in [0.3, 0.4) is 0 Å². The van der Waals surface area contributed by atoms with E-state index in [0.29, 0.717) is 33.8 Å². The molecule has 4 aromatic heterocycles. The summed E-state index contributed by atoms with van der Waals surface area (Å²) in [6.07, 6.45) is -6.67. The minimum absolute atomic E-state index is 0.100. The van der Waals surface area contributed by atoms with Crippen LogP contribution < -0.4 is 25.7 Å². The predicted molar refractivity (Wildman–Crippen MR) is 315 cm³/mol. The summed E-state index contributed by atoms with van der Waals surface area (Å²) in [6.45, 7) is 12.4. The predicted octanol–water partition coefficient (Wildman–Crippen LogP) is 7.77. The number of rotatable bonds is 19. The Morgan fingerprint density at radius 1 is 0.812 bits per heavy atom.